The van der Waals surface area contributed by atoms with E-state index in [0.29, 0.717) is 18.3 Å². The molecule has 1 fully saturated rings. The van der Waals surface area contributed by atoms with Crippen LogP contribution in [0.3, 0.4) is 0 Å². The largest absolute Gasteiger partial charge is 0.463 e. The predicted octanol–water partition coefficient (Wildman–Crippen LogP) is 3.78. The lowest BCUT2D eigenvalue weighted by molar-refractivity contribution is 0.0177. The first kappa shape index (κ1) is 14.4. The highest BCUT2D eigenvalue weighted by atomic mass is 32.1. The Kier molecular flexibility index (Phi) is 3.85. The van der Waals surface area contributed by atoms with Crippen molar-refractivity contribution in [2.45, 2.75) is 6.10 Å². The smallest absolute Gasteiger partial charge is 0.273 e. The number of hydrogen-bond donors (Lipinski definition) is 0. The number of thiazole rings is 1. The monoisotopic (exact) mass is 342 g/mol. The molecule has 6 heteroatoms. The van der Waals surface area contributed by atoms with E-state index in [4.69, 9.17) is 4.74 Å². The highest BCUT2D eigenvalue weighted by Crippen LogP contribution is 2.26. The molecule has 1 saturated heterocycles. The Hall–Kier alpha value is -2.18. The zero-order valence-corrected chi connectivity index (χ0v) is 13.8. The third-order valence-corrected chi connectivity index (χ3v) is 5.33. The van der Waals surface area contributed by atoms with Gasteiger partial charge in [0.1, 0.15) is 6.10 Å². The quantitative estimate of drug-likeness (QED) is 0.725. The van der Waals surface area contributed by atoms with Crippen LogP contribution in [0.25, 0.3) is 10.4 Å². The highest BCUT2D eigenvalue weighted by molar-refractivity contribution is 7.13. The van der Waals surface area contributed by atoms with Gasteiger partial charge in [0.2, 0.25) is 0 Å². The second kappa shape index (κ2) is 6.14. The van der Waals surface area contributed by atoms with Gasteiger partial charge in [-0.05, 0) is 29.1 Å². The topological polar surface area (TPSA) is 42.4 Å². The fourth-order valence-corrected chi connectivity index (χ4v) is 3.78. The van der Waals surface area contributed by atoms with Crippen LogP contribution in [-0.2, 0) is 0 Å². The number of aromatic nitrogens is 1. The van der Waals surface area contributed by atoms with Crippen molar-refractivity contribution in [1.82, 2.24) is 9.88 Å². The normalized spacial score (nSPS) is 14.5. The molecule has 0 N–H and O–H groups in total. The molecule has 0 atom stereocenters. The molecule has 3 heterocycles. The molecule has 1 aliphatic heterocycles. The Labute approximate surface area is 142 Å². The number of benzene rings is 1. The summed E-state index contributed by atoms with van der Waals surface area (Å²) in [6, 6.07) is 11.9. The lowest BCUT2D eigenvalue weighted by atomic mass is 10.1. The summed E-state index contributed by atoms with van der Waals surface area (Å²) in [6.07, 6.45) is 1.77. The van der Waals surface area contributed by atoms with Crippen LogP contribution in [0.4, 0.5) is 0 Å². The van der Waals surface area contributed by atoms with Crippen LogP contribution < -0.4 is 4.74 Å². The third kappa shape index (κ3) is 3.00. The molecule has 1 aromatic carbocycles. The van der Waals surface area contributed by atoms with Crippen molar-refractivity contribution in [3.63, 3.8) is 0 Å². The summed E-state index contributed by atoms with van der Waals surface area (Å²) < 4.78 is 5.69. The number of carbonyl (C=O) groups excluding carboxylic acids is 1. The maximum atomic E-state index is 12.4. The standard InChI is InChI=1S/C17H14N2O2S2/c20-16(19-10-14(11-19)21-17-18-7-9-23-17)13-5-3-12(4-6-13)15-2-1-8-22-15/h1-9,14H,10-11H2. The maximum absolute atomic E-state index is 12.4. The van der Waals surface area contributed by atoms with Crippen molar-refractivity contribution < 1.29 is 9.53 Å². The third-order valence-electron chi connectivity index (χ3n) is 3.75. The minimum atomic E-state index is 0.0514. The van der Waals surface area contributed by atoms with E-state index in [0.717, 1.165) is 11.1 Å². The van der Waals surface area contributed by atoms with Crippen LogP contribution in [0, 0.1) is 0 Å². The van der Waals surface area contributed by atoms with E-state index in [9.17, 15) is 4.79 Å². The number of hydrogen-bond acceptors (Lipinski definition) is 5. The molecule has 0 radical (unpaired) electrons. The maximum Gasteiger partial charge on any atom is 0.273 e. The zero-order valence-electron chi connectivity index (χ0n) is 12.2. The van der Waals surface area contributed by atoms with Crippen molar-refractivity contribution in [2.24, 2.45) is 0 Å². The summed E-state index contributed by atoms with van der Waals surface area (Å²) in [5, 5.41) is 4.60. The van der Waals surface area contributed by atoms with Crippen molar-refractivity contribution in [1.29, 1.82) is 0 Å². The summed E-state index contributed by atoms with van der Waals surface area (Å²) >= 11 is 3.17. The van der Waals surface area contributed by atoms with Crippen LogP contribution in [0.5, 0.6) is 5.19 Å². The molecular weight excluding hydrogens is 328 g/mol. The zero-order chi connectivity index (χ0) is 15.6. The number of ether oxygens (including phenoxy) is 1. The molecule has 0 aliphatic carbocycles. The summed E-state index contributed by atoms with van der Waals surface area (Å²) in [5.41, 5.74) is 1.86. The average molecular weight is 342 g/mol. The van der Waals surface area contributed by atoms with Gasteiger partial charge in [-0.3, -0.25) is 4.79 Å². The van der Waals surface area contributed by atoms with Gasteiger partial charge in [-0.1, -0.05) is 29.5 Å². The van der Waals surface area contributed by atoms with E-state index in [-0.39, 0.29) is 12.0 Å². The second-order valence-electron chi connectivity index (χ2n) is 5.30. The first-order chi connectivity index (χ1) is 11.3. The molecular formula is C17H14N2O2S2. The van der Waals surface area contributed by atoms with E-state index in [1.54, 1.807) is 22.4 Å². The Morgan fingerprint density at radius 1 is 1.13 bits per heavy atom. The molecule has 0 saturated carbocycles. The van der Waals surface area contributed by atoms with Gasteiger partial charge in [0.15, 0.2) is 0 Å². The molecule has 0 bridgehead atoms. The first-order valence-corrected chi connectivity index (χ1v) is 9.05. The van der Waals surface area contributed by atoms with E-state index >= 15 is 0 Å². The van der Waals surface area contributed by atoms with Gasteiger partial charge in [-0.15, -0.1) is 11.3 Å². The molecule has 0 spiro atoms. The molecule has 4 rings (SSSR count). The Morgan fingerprint density at radius 3 is 2.61 bits per heavy atom. The molecule has 1 aliphatic rings. The minimum Gasteiger partial charge on any atom is -0.463 e. The van der Waals surface area contributed by atoms with E-state index in [1.165, 1.54) is 16.2 Å². The van der Waals surface area contributed by atoms with Gasteiger partial charge < -0.3 is 9.64 Å². The molecule has 0 unspecified atom stereocenters. The Bertz CT molecular complexity index is 777. The number of rotatable bonds is 4. The number of carbonyl (C=O) groups is 1. The van der Waals surface area contributed by atoms with Gasteiger partial charge >= 0.3 is 0 Å². The average Bonchev–Trinajstić information content (AvgIpc) is 3.23. The summed E-state index contributed by atoms with van der Waals surface area (Å²) in [5.74, 6) is 0.0571. The molecule has 23 heavy (non-hydrogen) atoms. The van der Waals surface area contributed by atoms with E-state index < -0.39 is 0 Å². The van der Waals surface area contributed by atoms with Crippen LogP contribution in [0.2, 0.25) is 0 Å². The summed E-state index contributed by atoms with van der Waals surface area (Å²) in [4.78, 5) is 19.5. The van der Waals surface area contributed by atoms with Crippen molar-refractivity contribution >= 4 is 28.6 Å². The first-order valence-electron chi connectivity index (χ1n) is 7.29. The van der Waals surface area contributed by atoms with Gasteiger partial charge in [0.05, 0.1) is 13.1 Å². The lowest BCUT2D eigenvalue weighted by Gasteiger charge is -2.38. The Morgan fingerprint density at radius 2 is 1.96 bits per heavy atom. The molecule has 2 aromatic heterocycles. The van der Waals surface area contributed by atoms with Gasteiger partial charge in [0, 0.05) is 22.0 Å². The predicted molar refractivity (Wildman–Crippen MR) is 92.2 cm³/mol. The fourth-order valence-electron chi connectivity index (χ4n) is 2.49. The number of thiophene rings is 1. The van der Waals surface area contributed by atoms with Crippen LogP contribution in [-0.4, -0.2) is 35.0 Å². The van der Waals surface area contributed by atoms with Crippen molar-refractivity contribution in [2.75, 3.05) is 13.1 Å². The highest BCUT2D eigenvalue weighted by Gasteiger charge is 2.33. The number of likely N-dealkylation sites (tertiary alicyclic amines) is 1. The van der Waals surface area contributed by atoms with Crippen LogP contribution >= 0.6 is 22.7 Å². The van der Waals surface area contributed by atoms with Gasteiger partial charge in [-0.2, -0.15) is 0 Å². The molecule has 4 nitrogen and oxygen atoms in total. The van der Waals surface area contributed by atoms with Crippen molar-refractivity contribution in [3.05, 3.63) is 58.9 Å². The SMILES string of the molecule is O=C(c1ccc(-c2cccs2)cc1)N1CC(Oc2nccs2)C1. The summed E-state index contributed by atoms with van der Waals surface area (Å²) in [7, 11) is 0. The number of amides is 1. The van der Waals surface area contributed by atoms with Crippen LogP contribution in [0.1, 0.15) is 10.4 Å². The second-order valence-corrected chi connectivity index (χ2v) is 7.11. The molecule has 3 aromatic rings. The molecule has 1 amide bonds. The van der Waals surface area contributed by atoms with Gasteiger partial charge in [0.25, 0.3) is 11.1 Å². The van der Waals surface area contributed by atoms with E-state index in [1.807, 2.05) is 35.7 Å². The molecule has 116 valence electrons. The minimum absolute atomic E-state index is 0.0514. The summed E-state index contributed by atoms with van der Waals surface area (Å²) in [6.45, 7) is 1.23. The number of nitrogens with zero attached hydrogens (tertiary/aromatic N) is 2. The van der Waals surface area contributed by atoms with Gasteiger partial charge in [-0.25, -0.2) is 4.98 Å². The Balaban J connectivity index is 1.37. The van der Waals surface area contributed by atoms with E-state index in [2.05, 4.69) is 16.4 Å². The van der Waals surface area contributed by atoms with Crippen LogP contribution in [0.15, 0.2) is 53.4 Å². The fraction of sp³-hybridized carbons (Fsp3) is 0.176. The van der Waals surface area contributed by atoms with Crippen molar-refractivity contribution in [3.8, 4) is 15.6 Å². The lowest BCUT2D eigenvalue weighted by Crippen LogP contribution is -2.56.